The van der Waals surface area contributed by atoms with Crippen LogP contribution >= 0.6 is 0 Å². The molecule has 1 aromatic heterocycles. The van der Waals surface area contributed by atoms with Gasteiger partial charge < -0.3 is 15.0 Å². The SMILES string of the molecule is COc1ccccc1CNC[C@@H]1CC(=O)N(C2CC2)[C@H]1c1cccnc1. The Hall–Kier alpha value is -2.40. The molecular weight excluding hydrogens is 326 g/mol. The number of likely N-dealkylation sites (tertiary alicyclic amines) is 1. The lowest BCUT2D eigenvalue weighted by Gasteiger charge is -2.28. The molecule has 0 bridgehead atoms. The molecule has 0 radical (unpaired) electrons. The third-order valence-corrected chi connectivity index (χ3v) is 5.35. The fourth-order valence-electron chi connectivity index (χ4n) is 4.02. The maximum absolute atomic E-state index is 12.6. The van der Waals surface area contributed by atoms with Gasteiger partial charge in [0, 0.05) is 49.4 Å². The summed E-state index contributed by atoms with van der Waals surface area (Å²) in [6.07, 6.45) is 6.56. The molecule has 1 aliphatic heterocycles. The maximum atomic E-state index is 12.6. The second-order valence-electron chi connectivity index (χ2n) is 7.17. The fourth-order valence-corrected chi connectivity index (χ4v) is 4.02. The second-order valence-corrected chi connectivity index (χ2v) is 7.17. The normalized spacial score (nSPS) is 22.7. The average molecular weight is 351 g/mol. The van der Waals surface area contributed by atoms with Crippen LogP contribution in [0.15, 0.2) is 48.8 Å². The van der Waals surface area contributed by atoms with Crippen molar-refractivity contribution < 1.29 is 9.53 Å². The number of methoxy groups -OCH3 is 1. The third-order valence-electron chi connectivity index (χ3n) is 5.35. The monoisotopic (exact) mass is 351 g/mol. The molecule has 0 spiro atoms. The van der Waals surface area contributed by atoms with E-state index in [1.54, 1.807) is 13.3 Å². The smallest absolute Gasteiger partial charge is 0.223 e. The molecule has 2 atom stereocenters. The van der Waals surface area contributed by atoms with Gasteiger partial charge >= 0.3 is 0 Å². The van der Waals surface area contributed by atoms with E-state index in [4.69, 9.17) is 4.74 Å². The van der Waals surface area contributed by atoms with Crippen molar-refractivity contribution in [2.45, 2.75) is 37.9 Å². The molecule has 4 rings (SSSR count). The Labute approximate surface area is 154 Å². The van der Waals surface area contributed by atoms with Gasteiger partial charge in [-0.1, -0.05) is 24.3 Å². The Bertz CT molecular complexity index is 761. The van der Waals surface area contributed by atoms with E-state index in [1.807, 2.05) is 30.5 Å². The van der Waals surface area contributed by atoms with Gasteiger partial charge in [-0.2, -0.15) is 0 Å². The Morgan fingerprint density at radius 1 is 1.23 bits per heavy atom. The molecule has 1 amide bonds. The fraction of sp³-hybridized carbons (Fsp3) is 0.429. The van der Waals surface area contributed by atoms with Gasteiger partial charge in [-0.25, -0.2) is 0 Å². The predicted octanol–water partition coefficient (Wildman–Crippen LogP) is 2.93. The van der Waals surface area contributed by atoms with Crippen LogP contribution in [-0.2, 0) is 11.3 Å². The number of carbonyl (C=O) groups excluding carboxylic acids is 1. The van der Waals surface area contributed by atoms with E-state index in [2.05, 4.69) is 27.3 Å². The highest BCUT2D eigenvalue weighted by atomic mass is 16.5. The van der Waals surface area contributed by atoms with Crippen molar-refractivity contribution in [1.29, 1.82) is 0 Å². The molecule has 0 unspecified atom stereocenters. The van der Waals surface area contributed by atoms with E-state index < -0.39 is 0 Å². The van der Waals surface area contributed by atoms with Crippen LogP contribution in [0.4, 0.5) is 0 Å². The summed E-state index contributed by atoms with van der Waals surface area (Å²) in [7, 11) is 1.69. The van der Waals surface area contributed by atoms with Gasteiger partial charge in [0.25, 0.3) is 0 Å². The van der Waals surface area contributed by atoms with E-state index in [0.29, 0.717) is 12.5 Å². The van der Waals surface area contributed by atoms with Crippen molar-refractivity contribution >= 4 is 5.91 Å². The lowest BCUT2D eigenvalue weighted by atomic mass is 9.94. The number of hydrogen-bond acceptors (Lipinski definition) is 4. The Morgan fingerprint density at radius 3 is 2.81 bits per heavy atom. The highest BCUT2D eigenvalue weighted by molar-refractivity contribution is 5.80. The van der Waals surface area contributed by atoms with E-state index in [-0.39, 0.29) is 17.9 Å². The number of ether oxygens (including phenoxy) is 1. The molecule has 2 aliphatic rings. The highest BCUT2D eigenvalue weighted by Gasteiger charge is 2.46. The summed E-state index contributed by atoms with van der Waals surface area (Å²) in [5, 5.41) is 3.54. The predicted molar refractivity (Wildman–Crippen MR) is 99.7 cm³/mol. The summed E-state index contributed by atoms with van der Waals surface area (Å²) >= 11 is 0. The standard InChI is InChI=1S/C21H25N3O2/c1-26-19-7-3-2-5-15(19)12-23-14-17-11-20(25)24(18-8-9-18)21(17)16-6-4-10-22-13-16/h2-7,10,13,17-18,21,23H,8-9,11-12,14H2,1H3/t17-,21-/m0/s1. The number of nitrogens with one attached hydrogen (secondary N) is 1. The van der Waals surface area contributed by atoms with Crippen LogP contribution in [0.1, 0.15) is 36.4 Å². The first-order chi connectivity index (χ1) is 12.8. The molecule has 1 saturated carbocycles. The number of carbonyl (C=O) groups is 1. The lowest BCUT2D eigenvalue weighted by Crippen LogP contribution is -2.33. The van der Waals surface area contributed by atoms with Crippen LogP contribution in [-0.4, -0.2) is 35.5 Å². The largest absolute Gasteiger partial charge is 0.496 e. The number of hydrogen-bond donors (Lipinski definition) is 1. The third kappa shape index (κ3) is 3.44. The lowest BCUT2D eigenvalue weighted by molar-refractivity contribution is -0.129. The van der Waals surface area contributed by atoms with Gasteiger partial charge in [-0.05, 0) is 30.5 Å². The van der Waals surface area contributed by atoms with Gasteiger partial charge in [0.15, 0.2) is 0 Å². The maximum Gasteiger partial charge on any atom is 0.223 e. The first kappa shape index (κ1) is 17.0. The first-order valence-electron chi connectivity index (χ1n) is 9.31. The molecule has 5 nitrogen and oxygen atoms in total. The molecule has 1 aliphatic carbocycles. The van der Waals surface area contributed by atoms with E-state index in [1.165, 1.54) is 0 Å². The Kier molecular flexibility index (Phi) is 4.89. The molecule has 1 N–H and O–H groups in total. The molecule has 2 aromatic rings. The van der Waals surface area contributed by atoms with Crippen molar-refractivity contribution in [3.05, 3.63) is 59.9 Å². The summed E-state index contributed by atoms with van der Waals surface area (Å²) < 4.78 is 5.42. The number of benzene rings is 1. The second kappa shape index (κ2) is 7.46. The van der Waals surface area contributed by atoms with Crippen LogP contribution in [0.25, 0.3) is 0 Å². The van der Waals surface area contributed by atoms with Crippen molar-refractivity contribution in [3.8, 4) is 5.75 Å². The summed E-state index contributed by atoms with van der Waals surface area (Å²) in [6.45, 7) is 1.53. The summed E-state index contributed by atoms with van der Waals surface area (Å²) in [5.41, 5.74) is 2.28. The first-order valence-corrected chi connectivity index (χ1v) is 9.31. The summed E-state index contributed by atoms with van der Waals surface area (Å²) in [4.78, 5) is 19.0. The van der Waals surface area contributed by atoms with Crippen LogP contribution in [0.3, 0.4) is 0 Å². The minimum absolute atomic E-state index is 0.133. The molecule has 2 fully saturated rings. The van der Waals surface area contributed by atoms with Gasteiger partial charge in [0.05, 0.1) is 13.2 Å². The number of amides is 1. The number of rotatable bonds is 7. The molecular formula is C21H25N3O2. The topological polar surface area (TPSA) is 54.5 Å². The number of aromatic nitrogens is 1. The van der Waals surface area contributed by atoms with Crippen molar-refractivity contribution in [3.63, 3.8) is 0 Å². The number of pyridine rings is 1. The van der Waals surface area contributed by atoms with Gasteiger partial charge in [-0.3, -0.25) is 9.78 Å². The van der Waals surface area contributed by atoms with Gasteiger partial charge in [0.2, 0.25) is 5.91 Å². The van der Waals surface area contributed by atoms with Gasteiger partial charge in [0.1, 0.15) is 5.75 Å². The average Bonchev–Trinajstić information content (AvgIpc) is 3.46. The molecule has 1 aromatic carbocycles. The Balaban J connectivity index is 1.47. The van der Waals surface area contributed by atoms with E-state index >= 15 is 0 Å². The van der Waals surface area contributed by atoms with Gasteiger partial charge in [-0.15, -0.1) is 0 Å². The summed E-state index contributed by atoms with van der Waals surface area (Å²) in [5.74, 6) is 1.44. The van der Waals surface area contributed by atoms with Crippen LogP contribution in [0.5, 0.6) is 5.75 Å². The van der Waals surface area contributed by atoms with E-state index in [9.17, 15) is 4.79 Å². The van der Waals surface area contributed by atoms with Crippen molar-refractivity contribution in [2.75, 3.05) is 13.7 Å². The van der Waals surface area contributed by atoms with Crippen LogP contribution < -0.4 is 10.1 Å². The number of para-hydroxylation sites is 1. The minimum Gasteiger partial charge on any atom is -0.496 e. The minimum atomic E-state index is 0.133. The number of nitrogens with zero attached hydrogens (tertiary/aromatic N) is 2. The van der Waals surface area contributed by atoms with E-state index in [0.717, 1.165) is 42.8 Å². The zero-order valence-electron chi connectivity index (χ0n) is 15.1. The zero-order chi connectivity index (χ0) is 17.9. The highest BCUT2D eigenvalue weighted by Crippen LogP contribution is 2.44. The molecule has 5 heteroatoms. The van der Waals surface area contributed by atoms with Crippen molar-refractivity contribution in [2.24, 2.45) is 5.92 Å². The zero-order valence-corrected chi connectivity index (χ0v) is 15.1. The quantitative estimate of drug-likeness (QED) is 0.833. The molecule has 136 valence electrons. The molecule has 2 heterocycles. The van der Waals surface area contributed by atoms with Crippen molar-refractivity contribution in [1.82, 2.24) is 15.2 Å². The Morgan fingerprint density at radius 2 is 2.08 bits per heavy atom. The van der Waals surface area contributed by atoms with Crippen LogP contribution in [0.2, 0.25) is 0 Å². The summed E-state index contributed by atoms with van der Waals surface area (Å²) in [6, 6.07) is 12.7. The molecule has 1 saturated heterocycles. The van der Waals surface area contributed by atoms with Crippen LogP contribution in [0, 0.1) is 5.92 Å². The molecule has 26 heavy (non-hydrogen) atoms.